The molecule has 1 aliphatic heterocycles. The molecule has 0 aliphatic carbocycles. The second kappa shape index (κ2) is 10.6. The van der Waals surface area contributed by atoms with Crippen LogP contribution in [0, 0.1) is 0 Å². The highest BCUT2D eigenvalue weighted by Gasteiger charge is 2.20. The third-order valence-electron chi connectivity index (χ3n) is 4.62. The first-order valence-electron chi connectivity index (χ1n) is 9.55. The second-order valence-electron chi connectivity index (χ2n) is 6.57. The molecule has 0 spiro atoms. The van der Waals surface area contributed by atoms with E-state index < -0.39 is 10.0 Å². The van der Waals surface area contributed by atoms with E-state index in [0.717, 1.165) is 50.9 Å². The van der Waals surface area contributed by atoms with E-state index in [1.54, 1.807) is 20.2 Å². The number of hydrogen-bond acceptors (Lipinski definition) is 6. The van der Waals surface area contributed by atoms with Crippen LogP contribution in [0.1, 0.15) is 26.0 Å². The molecule has 1 aromatic rings. The van der Waals surface area contributed by atoms with Gasteiger partial charge in [0.1, 0.15) is 6.26 Å². The molecule has 0 radical (unpaired) electrons. The Morgan fingerprint density at radius 3 is 2.67 bits per heavy atom. The van der Waals surface area contributed by atoms with Crippen LogP contribution in [-0.4, -0.2) is 92.3 Å². The molecule has 1 fully saturated rings. The Morgan fingerprint density at radius 2 is 2.07 bits per heavy atom. The van der Waals surface area contributed by atoms with E-state index in [9.17, 15) is 8.42 Å². The highest BCUT2D eigenvalue weighted by molar-refractivity contribution is 7.89. The zero-order valence-corrected chi connectivity index (χ0v) is 17.4. The van der Waals surface area contributed by atoms with Gasteiger partial charge in [-0.15, -0.1) is 0 Å². The quantitative estimate of drug-likeness (QED) is 0.365. The Bertz CT molecular complexity index is 669. The molecule has 0 atom stereocenters. The van der Waals surface area contributed by atoms with Crippen molar-refractivity contribution in [2.75, 3.05) is 58.6 Å². The number of piperazine rings is 1. The largest absolute Gasteiger partial charge is 0.364 e. The molecular weight excluding hydrogens is 368 g/mol. The summed E-state index contributed by atoms with van der Waals surface area (Å²) >= 11 is 0. The van der Waals surface area contributed by atoms with Crippen LogP contribution in [0.25, 0.3) is 0 Å². The molecule has 10 heteroatoms. The van der Waals surface area contributed by atoms with Gasteiger partial charge in [0.25, 0.3) is 0 Å². The molecule has 9 nitrogen and oxygen atoms in total. The number of aromatic nitrogens is 1. The standard InChI is InChI=1S/C17H32N6O3S/c1-4-18-17(19-8-6-9-21(3)27(24,25)5-2)23-12-10-22(11-13-23)15-16-7-14-26-20-16/h7,14H,4-6,8-13,15H2,1-3H3,(H,18,19). The number of guanidine groups is 1. The summed E-state index contributed by atoms with van der Waals surface area (Å²) in [6.07, 6.45) is 2.31. The summed E-state index contributed by atoms with van der Waals surface area (Å²) in [5.74, 6) is 1.04. The summed E-state index contributed by atoms with van der Waals surface area (Å²) in [6, 6.07) is 1.90. The highest BCUT2D eigenvalue weighted by atomic mass is 32.2. The molecular formula is C17H32N6O3S. The Morgan fingerprint density at radius 1 is 1.33 bits per heavy atom. The zero-order chi connectivity index (χ0) is 19.7. The van der Waals surface area contributed by atoms with Crippen molar-refractivity contribution in [1.82, 2.24) is 24.6 Å². The molecule has 154 valence electrons. The molecule has 27 heavy (non-hydrogen) atoms. The average Bonchev–Trinajstić information content (AvgIpc) is 3.17. The van der Waals surface area contributed by atoms with Crippen molar-refractivity contribution in [2.45, 2.75) is 26.8 Å². The molecule has 1 saturated heterocycles. The lowest BCUT2D eigenvalue weighted by Crippen LogP contribution is -2.52. The molecule has 0 unspecified atom stereocenters. The fraction of sp³-hybridized carbons (Fsp3) is 0.765. The first kappa shape index (κ1) is 21.6. The van der Waals surface area contributed by atoms with E-state index in [4.69, 9.17) is 4.52 Å². The lowest BCUT2D eigenvalue weighted by molar-refractivity contribution is 0.169. The van der Waals surface area contributed by atoms with Gasteiger partial charge in [-0.3, -0.25) is 9.89 Å². The Kier molecular flexibility index (Phi) is 8.52. The predicted octanol–water partition coefficient (Wildman–Crippen LogP) is 0.429. The topological polar surface area (TPSA) is 94.3 Å². The normalized spacial score (nSPS) is 16.9. The molecule has 1 N–H and O–H groups in total. The number of nitrogens with one attached hydrogen (secondary N) is 1. The summed E-state index contributed by atoms with van der Waals surface area (Å²) in [6.45, 7) is 10.1. The van der Waals surface area contributed by atoms with E-state index >= 15 is 0 Å². The maximum absolute atomic E-state index is 11.8. The fourth-order valence-electron chi connectivity index (χ4n) is 2.93. The van der Waals surface area contributed by atoms with Gasteiger partial charge in [0.15, 0.2) is 5.96 Å². The van der Waals surface area contributed by atoms with Crippen LogP contribution in [0.5, 0.6) is 0 Å². The number of hydrogen-bond donors (Lipinski definition) is 1. The van der Waals surface area contributed by atoms with Gasteiger partial charge >= 0.3 is 0 Å². The smallest absolute Gasteiger partial charge is 0.213 e. The lowest BCUT2D eigenvalue weighted by Gasteiger charge is -2.36. The number of sulfonamides is 1. The minimum Gasteiger partial charge on any atom is -0.364 e. The molecule has 0 amide bonds. The number of nitrogens with zero attached hydrogens (tertiary/aromatic N) is 5. The summed E-state index contributed by atoms with van der Waals surface area (Å²) in [7, 11) is -1.49. The van der Waals surface area contributed by atoms with Crippen molar-refractivity contribution in [3.05, 3.63) is 18.0 Å². The summed E-state index contributed by atoms with van der Waals surface area (Å²) in [5.41, 5.74) is 0.954. The van der Waals surface area contributed by atoms with Gasteiger partial charge < -0.3 is 14.7 Å². The van der Waals surface area contributed by atoms with Crippen LogP contribution in [-0.2, 0) is 16.6 Å². The van der Waals surface area contributed by atoms with Crippen molar-refractivity contribution in [2.24, 2.45) is 4.99 Å². The maximum Gasteiger partial charge on any atom is 0.213 e. The van der Waals surface area contributed by atoms with E-state index in [2.05, 4.69) is 32.2 Å². The molecule has 0 bridgehead atoms. The lowest BCUT2D eigenvalue weighted by atomic mass is 10.3. The number of rotatable bonds is 9. The van der Waals surface area contributed by atoms with Gasteiger partial charge in [0, 0.05) is 65.5 Å². The van der Waals surface area contributed by atoms with Gasteiger partial charge in [-0.1, -0.05) is 5.16 Å². The Balaban J connectivity index is 1.79. The number of aliphatic imine (C=N–C) groups is 1. The van der Waals surface area contributed by atoms with E-state index in [1.807, 2.05) is 6.07 Å². The van der Waals surface area contributed by atoms with Gasteiger partial charge in [0.2, 0.25) is 10.0 Å². The third-order valence-corrected chi connectivity index (χ3v) is 6.48. The fourth-order valence-corrected chi connectivity index (χ4v) is 3.78. The minimum absolute atomic E-state index is 0.133. The SMILES string of the molecule is CCNC(=NCCCN(C)S(=O)(=O)CC)N1CCN(Cc2ccon2)CC1. The van der Waals surface area contributed by atoms with Crippen molar-refractivity contribution >= 4 is 16.0 Å². The second-order valence-corrected chi connectivity index (χ2v) is 8.93. The van der Waals surface area contributed by atoms with Crippen LogP contribution >= 0.6 is 0 Å². The van der Waals surface area contributed by atoms with Gasteiger partial charge in [0.05, 0.1) is 11.4 Å². The summed E-state index contributed by atoms with van der Waals surface area (Å²) < 4.78 is 29.9. The van der Waals surface area contributed by atoms with Crippen LogP contribution in [0.3, 0.4) is 0 Å². The molecule has 0 aromatic carbocycles. The minimum atomic E-state index is -3.12. The van der Waals surface area contributed by atoms with Gasteiger partial charge in [-0.25, -0.2) is 12.7 Å². The highest BCUT2D eigenvalue weighted by Crippen LogP contribution is 2.07. The first-order valence-corrected chi connectivity index (χ1v) is 11.2. The third kappa shape index (κ3) is 6.78. The molecule has 1 aromatic heterocycles. The summed E-state index contributed by atoms with van der Waals surface area (Å²) in [4.78, 5) is 9.29. The van der Waals surface area contributed by atoms with Gasteiger partial charge in [-0.2, -0.15) is 0 Å². The van der Waals surface area contributed by atoms with Crippen LogP contribution in [0.15, 0.2) is 21.8 Å². The predicted molar refractivity (Wildman–Crippen MR) is 106 cm³/mol. The van der Waals surface area contributed by atoms with Crippen molar-refractivity contribution in [3.8, 4) is 0 Å². The molecule has 2 heterocycles. The molecule has 1 aliphatic rings. The monoisotopic (exact) mass is 400 g/mol. The van der Waals surface area contributed by atoms with Crippen LogP contribution < -0.4 is 5.32 Å². The average molecular weight is 401 g/mol. The van der Waals surface area contributed by atoms with E-state index in [-0.39, 0.29) is 5.75 Å². The van der Waals surface area contributed by atoms with Crippen LogP contribution in [0.2, 0.25) is 0 Å². The molecule has 2 rings (SSSR count). The van der Waals surface area contributed by atoms with E-state index in [0.29, 0.717) is 19.5 Å². The van der Waals surface area contributed by atoms with Gasteiger partial charge in [-0.05, 0) is 20.3 Å². The van der Waals surface area contributed by atoms with E-state index in [1.165, 1.54) is 4.31 Å². The zero-order valence-electron chi connectivity index (χ0n) is 16.6. The van der Waals surface area contributed by atoms with Crippen LogP contribution in [0.4, 0.5) is 0 Å². The van der Waals surface area contributed by atoms with Crippen molar-refractivity contribution < 1.29 is 12.9 Å². The Labute approximate surface area is 162 Å². The first-order chi connectivity index (χ1) is 13.0. The maximum atomic E-state index is 11.8. The van der Waals surface area contributed by atoms with Crippen molar-refractivity contribution in [1.29, 1.82) is 0 Å². The summed E-state index contributed by atoms with van der Waals surface area (Å²) in [5, 5.41) is 7.31. The molecule has 0 saturated carbocycles. The Hall–Kier alpha value is -1.65. The van der Waals surface area contributed by atoms with Crippen molar-refractivity contribution in [3.63, 3.8) is 0 Å².